The highest BCUT2D eigenvalue weighted by Crippen LogP contribution is 2.12. The van der Waals surface area contributed by atoms with Crippen LogP contribution in [-0.4, -0.2) is 29.2 Å². The number of rotatable bonds is 7. The molecule has 2 rings (SSSR count). The summed E-state index contributed by atoms with van der Waals surface area (Å²) in [5.74, 6) is -0.453. The molecular weight excluding hydrogens is 280 g/mol. The van der Waals surface area contributed by atoms with Gasteiger partial charge in [-0.05, 0) is 18.2 Å². The number of H-pyrrole nitrogens is 1. The molecule has 0 saturated heterocycles. The van der Waals surface area contributed by atoms with Crippen LogP contribution in [0.25, 0.3) is 0 Å². The summed E-state index contributed by atoms with van der Waals surface area (Å²) in [6.45, 7) is 1.57. The van der Waals surface area contributed by atoms with Crippen molar-refractivity contribution in [3.05, 3.63) is 50.6 Å². The van der Waals surface area contributed by atoms with Crippen molar-refractivity contribution in [1.82, 2.24) is 10.3 Å². The fourth-order valence-electron chi connectivity index (χ4n) is 1.58. The summed E-state index contributed by atoms with van der Waals surface area (Å²) in [4.78, 5) is 24.3. The Morgan fingerprint density at radius 3 is 3.00 bits per heavy atom. The van der Waals surface area contributed by atoms with Gasteiger partial charge in [-0.15, -0.1) is 0 Å². The molecule has 1 aromatic heterocycles. The van der Waals surface area contributed by atoms with E-state index >= 15 is 0 Å². The van der Waals surface area contributed by atoms with E-state index in [-0.39, 0.29) is 10.4 Å². The van der Waals surface area contributed by atoms with Gasteiger partial charge in [0.05, 0.1) is 5.56 Å². The third-order valence-corrected chi connectivity index (χ3v) is 3.23. The second-order valence-electron chi connectivity index (χ2n) is 4.03. The van der Waals surface area contributed by atoms with Crippen LogP contribution in [0.5, 0.6) is 5.75 Å². The van der Waals surface area contributed by atoms with Crippen molar-refractivity contribution in [3.8, 4) is 5.75 Å². The Balaban J connectivity index is 1.72. The highest BCUT2D eigenvalue weighted by Gasteiger charge is 2.03. The van der Waals surface area contributed by atoms with Gasteiger partial charge in [-0.1, -0.05) is 17.4 Å². The number of hydrogen-bond donors (Lipinski definition) is 3. The maximum atomic E-state index is 10.9. The molecule has 6 nitrogen and oxygen atoms in total. The number of ether oxygens (including phenoxy) is 1. The molecule has 1 heterocycles. The van der Waals surface area contributed by atoms with Crippen molar-refractivity contribution < 1.29 is 14.6 Å². The zero-order valence-electron chi connectivity index (χ0n) is 10.6. The highest BCUT2D eigenvalue weighted by atomic mass is 32.1. The number of hydrogen-bond acceptors (Lipinski definition) is 5. The number of aromatic nitrogens is 1. The van der Waals surface area contributed by atoms with Gasteiger partial charge in [-0.25, -0.2) is 4.79 Å². The monoisotopic (exact) mass is 294 g/mol. The third-order valence-electron chi connectivity index (χ3n) is 2.51. The first-order valence-corrected chi connectivity index (χ1v) is 6.86. The molecule has 3 N–H and O–H groups in total. The number of aromatic carboxylic acids is 1. The molecule has 0 aliphatic carbocycles. The minimum absolute atomic E-state index is 0.0662. The molecule has 0 spiro atoms. The van der Waals surface area contributed by atoms with E-state index in [1.54, 1.807) is 17.5 Å². The Morgan fingerprint density at radius 1 is 1.45 bits per heavy atom. The Kier molecular flexibility index (Phi) is 4.91. The van der Waals surface area contributed by atoms with Crippen molar-refractivity contribution in [2.75, 3.05) is 13.2 Å². The molecule has 0 fully saturated rings. The fourth-order valence-corrected chi connectivity index (χ4v) is 2.17. The van der Waals surface area contributed by atoms with Crippen LogP contribution in [0.3, 0.4) is 0 Å². The molecule has 7 heteroatoms. The van der Waals surface area contributed by atoms with E-state index in [1.165, 1.54) is 12.1 Å². The van der Waals surface area contributed by atoms with Crippen LogP contribution in [0.2, 0.25) is 0 Å². The molecule has 0 aliphatic rings. The summed E-state index contributed by atoms with van der Waals surface area (Å²) in [6.07, 6.45) is 0. The zero-order valence-corrected chi connectivity index (χ0v) is 11.4. The molecule has 0 atom stereocenters. The molecule has 2 aromatic rings. The minimum atomic E-state index is -0.977. The first-order chi connectivity index (χ1) is 9.65. The number of carbonyl (C=O) groups is 1. The fraction of sp³-hybridized carbons (Fsp3) is 0.231. The van der Waals surface area contributed by atoms with Crippen LogP contribution in [0.4, 0.5) is 0 Å². The lowest BCUT2D eigenvalue weighted by Gasteiger charge is -2.07. The van der Waals surface area contributed by atoms with Crippen LogP contribution >= 0.6 is 11.3 Å². The molecule has 0 amide bonds. The van der Waals surface area contributed by atoms with Gasteiger partial charge in [0.1, 0.15) is 12.4 Å². The van der Waals surface area contributed by atoms with Crippen molar-refractivity contribution in [2.45, 2.75) is 6.54 Å². The average molecular weight is 294 g/mol. The summed E-state index contributed by atoms with van der Waals surface area (Å²) >= 11 is 1.13. The van der Waals surface area contributed by atoms with E-state index in [0.717, 1.165) is 17.0 Å². The Morgan fingerprint density at radius 2 is 2.30 bits per heavy atom. The summed E-state index contributed by atoms with van der Waals surface area (Å²) in [5.41, 5.74) is 1.04. The van der Waals surface area contributed by atoms with Crippen molar-refractivity contribution in [3.63, 3.8) is 0 Å². The van der Waals surface area contributed by atoms with Gasteiger partial charge in [0.25, 0.3) is 0 Å². The average Bonchev–Trinajstić information content (AvgIpc) is 2.84. The molecule has 0 bridgehead atoms. The smallest absolute Gasteiger partial charge is 0.335 e. The number of carboxylic acids is 1. The molecular formula is C13H14N2O4S. The first-order valence-electron chi connectivity index (χ1n) is 5.99. The number of carboxylic acid groups (broad SMARTS) is 1. The minimum Gasteiger partial charge on any atom is -0.492 e. The lowest BCUT2D eigenvalue weighted by atomic mass is 10.2. The normalized spacial score (nSPS) is 10.4. The van der Waals surface area contributed by atoms with Gasteiger partial charge in [0.15, 0.2) is 0 Å². The van der Waals surface area contributed by atoms with Gasteiger partial charge in [-0.2, -0.15) is 0 Å². The lowest BCUT2D eigenvalue weighted by molar-refractivity contribution is 0.0696. The van der Waals surface area contributed by atoms with Crippen LogP contribution in [-0.2, 0) is 6.54 Å². The van der Waals surface area contributed by atoms with E-state index in [9.17, 15) is 9.59 Å². The van der Waals surface area contributed by atoms with E-state index in [0.29, 0.717) is 25.4 Å². The summed E-state index contributed by atoms with van der Waals surface area (Å²) in [7, 11) is 0. The summed E-state index contributed by atoms with van der Waals surface area (Å²) < 4.78 is 5.44. The van der Waals surface area contributed by atoms with E-state index < -0.39 is 5.97 Å². The van der Waals surface area contributed by atoms with Crippen LogP contribution < -0.4 is 14.9 Å². The summed E-state index contributed by atoms with van der Waals surface area (Å²) in [5, 5.41) is 13.7. The van der Waals surface area contributed by atoms with E-state index in [1.807, 2.05) is 0 Å². The number of thiazole rings is 1. The number of nitrogens with one attached hydrogen (secondary N) is 2. The molecule has 0 saturated carbocycles. The maximum Gasteiger partial charge on any atom is 0.335 e. The molecule has 0 aliphatic heterocycles. The lowest BCUT2D eigenvalue weighted by Crippen LogP contribution is -2.21. The van der Waals surface area contributed by atoms with Gasteiger partial charge in [0, 0.05) is 24.2 Å². The Bertz CT molecular complexity index is 635. The molecule has 0 unspecified atom stereocenters. The maximum absolute atomic E-state index is 10.9. The largest absolute Gasteiger partial charge is 0.492 e. The van der Waals surface area contributed by atoms with E-state index in [2.05, 4.69) is 10.3 Å². The quantitative estimate of drug-likeness (QED) is 0.670. The second-order valence-corrected chi connectivity index (χ2v) is 4.87. The number of aromatic amines is 1. The van der Waals surface area contributed by atoms with Crippen LogP contribution in [0.1, 0.15) is 16.1 Å². The van der Waals surface area contributed by atoms with Crippen molar-refractivity contribution in [2.24, 2.45) is 0 Å². The molecule has 1 aromatic carbocycles. The SMILES string of the molecule is O=C(O)c1cccc(OCCNCc2csc(=O)[nH]2)c1. The molecule has 0 radical (unpaired) electrons. The van der Waals surface area contributed by atoms with Crippen molar-refractivity contribution in [1.29, 1.82) is 0 Å². The van der Waals surface area contributed by atoms with E-state index in [4.69, 9.17) is 9.84 Å². The zero-order chi connectivity index (χ0) is 14.4. The van der Waals surface area contributed by atoms with Crippen molar-refractivity contribution >= 4 is 17.3 Å². The Labute approximate surface area is 119 Å². The topological polar surface area (TPSA) is 91.4 Å². The highest BCUT2D eigenvalue weighted by molar-refractivity contribution is 7.07. The number of benzene rings is 1. The second kappa shape index (κ2) is 6.88. The van der Waals surface area contributed by atoms with Gasteiger partial charge in [0.2, 0.25) is 0 Å². The van der Waals surface area contributed by atoms with Crippen LogP contribution in [0, 0.1) is 0 Å². The van der Waals surface area contributed by atoms with Crippen LogP contribution in [0.15, 0.2) is 34.4 Å². The predicted octanol–water partition coefficient (Wildman–Crippen LogP) is 1.30. The van der Waals surface area contributed by atoms with Gasteiger partial charge < -0.3 is 20.1 Å². The molecule has 20 heavy (non-hydrogen) atoms. The predicted molar refractivity (Wildman–Crippen MR) is 75.5 cm³/mol. The first kappa shape index (κ1) is 14.3. The molecule has 106 valence electrons. The Hall–Kier alpha value is -2.12. The van der Waals surface area contributed by atoms with Gasteiger partial charge in [-0.3, -0.25) is 4.79 Å². The standard InChI is InChI=1S/C13H14N2O4S/c16-12(17)9-2-1-3-11(6-9)19-5-4-14-7-10-8-20-13(18)15-10/h1-3,6,8,14H,4-5,7H2,(H,15,18)(H,16,17). The third kappa shape index (κ3) is 4.22. The van der Waals surface area contributed by atoms with Gasteiger partial charge >= 0.3 is 10.8 Å². The summed E-state index contributed by atoms with van der Waals surface area (Å²) in [6, 6.07) is 6.35.